The third-order valence-corrected chi connectivity index (χ3v) is 5.69. The largest absolute Gasteiger partial charge is 0.465 e. The van der Waals surface area contributed by atoms with Gasteiger partial charge in [-0.2, -0.15) is 0 Å². The summed E-state index contributed by atoms with van der Waals surface area (Å²) in [4.78, 5) is 31.6. The molecule has 3 rings (SSSR count). The number of pyridine rings is 2. The van der Waals surface area contributed by atoms with E-state index in [0.717, 1.165) is 6.07 Å². The maximum Gasteiger partial charge on any atom is 0.404 e. The predicted molar refractivity (Wildman–Crippen MR) is 108 cm³/mol. The zero-order valence-corrected chi connectivity index (χ0v) is 17.7. The summed E-state index contributed by atoms with van der Waals surface area (Å²) in [6, 6.07) is 3.20. The van der Waals surface area contributed by atoms with Crippen LogP contribution in [0.1, 0.15) is 42.4 Å². The molecule has 0 spiro atoms. The second-order valence-electron chi connectivity index (χ2n) is 7.12. The topological polar surface area (TPSA) is 134 Å². The second kappa shape index (κ2) is 8.62. The van der Waals surface area contributed by atoms with E-state index in [1.807, 2.05) is 0 Å². The molecule has 2 aromatic heterocycles. The maximum absolute atomic E-state index is 13.4. The van der Waals surface area contributed by atoms with Crippen LogP contribution in [0.5, 0.6) is 0 Å². The van der Waals surface area contributed by atoms with Gasteiger partial charge in [-0.05, 0) is 48.0 Å². The summed E-state index contributed by atoms with van der Waals surface area (Å²) < 4.78 is 19.2. The minimum atomic E-state index is -1.42. The highest BCUT2D eigenvalue weighted by Crippen LogP contribution is 2.39. The Kier molecular flexibility index (Phi) is 6.34. The monoisotopic (exact) mass is 482 g/mol. The Morgan fingerprint density at radius 3 is 2.77 bits per heavy atom. The second-order valence-corrected chi connectivity index (χ2v) is 7.87. The highest BCUT2D eigenvalue weighted by atomic mass is 79.9. The predicted octanol–water partition coefficient (Wildman–Crippen LogP) is 2.87. The number of carboxylic acid groups (broad SMARTS) is 1. The van der Waals surface area contributed by atoms with E-state index in [1.165, 1.54) is 25.4 Å². The van der Waals surface area contributed by atoms with Crippen LogP contribution in [0.25, 0.3) is 0 Å². The number of halogens is 2. The van der Waals surface area contributed by atoms with Crippen molar-refractivity contribution in [2.24, 2.45) is 0 Å². The van der Waals surface area contributed by atoms with Gasteiger partial charge in [-0.1, -0.05) is 0 Å². The lowest BCUT2D eigenvalue weighted by Gasteiger charge is -2.45. The van der Waals surface area contributed by atoms with Crippen molar-refractivity contribution in [3.8, 4) is 0 Å². The number of rotatable bonds is 4. The minimum Gasteiger partial charge on any atom is -0.465 e. The molecule has 1 saturated heterocycles. The lowest BCUT2D eigenvalue weighted by Crippen LogP contribution is -2.60. The Hall–Kier alpha value is -2.63. The summed E-state index contributed by atoms with van der Waals surface area (Å²) in [5.41, 5.74) is -0.545. The third kappa shape index (κ3) is 4.58. The van der Waals surface area contributed by atoms with Crippen LogP contribution in [0, 0.1) is 5.82 Å². The fourth-order valence-electron chi connectivity index (χ4n) is 3.25. The molecule has 1 aliphatic heterocycles. The van der Waals surface area contributed by atoms with Crippen molar-refractivity contribution < 1.29 is 28.9 Å². The van der Waals surface area contributed by atoms with Crippen molar-refractivity contribution in [3.63, 3.8) is 0 Å². The average Bonchev–Trinajstić information content (AvgIpc) is 2.68. The highest BCUT2D eigenvalue weighted by molar-refractivity contribution is 9.10. The van der Waals surface area contributed by atoms with E-state index in [9.17, 15) is 19.1 Å². The molecule has 0 unspecified atom stereocenters. The Balaban J connectivity index is 1.86. The molecular formula is C19H20BrFN4O5. The van der Waals surface area contributed by atoms with Gasteiger partial charge >= 0.3 is 6.09 Å². The zero-order chi connectivity index (χ0) is 22.1. The van der Waals surface area contributed by atoms with Crippen LogP contribution < -0.4 is 10.6 Å². The van der Waals surface area contributed by atoms with Gasteiger partial charge in [0, 0.05) is 18.2 Å². The quantitative estimate of drug-likeness (QED) is 0.492. The normalized spacial score (nSPS) is 26.1. The number of amides is 2. The molecule has 0 aliphatic carbocycles. The lowest BCUT2D eigenvalue weighted by atomic mass is 9.82. The number of ether oxygens (including phenoxy) is 1. The van der Waals surface area contributed by atoms with E-state index >= 15 is 0 Å². The van der Waals surface area contributed by atoms with Gasteiger partial charge in [-0.25, -0.2) is 14.2 Å². The third-order valence-electron chi connectivity index (χ3n) is 5.13. The van der Waals surface area contributed by atoms with Crippen LogP contribution in [0.2, 0.25) is 0 Å². The molecule has 160 valence electrons. The number of carbonyl (C=O) groups excluding carboxylic acids is 1. The fourth-order valence-corrected chi connectivity index (χ4v) is 3.57. The smallest absolute Gasteiger partial charge is 0.404 e. The van der Waals surface area contributed by atoms with Gasteiger partial charge in [-0.3, -0.25) is 9.78 Å². The SMILES string of the molecule is C[C@H]1O[C@@H](c2ccncc2NC(=O)c2ccc(F)c(Br)n2)C[C@@H](NC(=O)O)[C@]1(C)O. The fraction of sp³-hybridized carbons (Fsp3) is 0.368. The maximum atomic E-state index is 13.4. The van der Waals surface area contributed by atoms with Crippen molar-refractivity contribution in [1.82, 2.24) is 15.3 Å². The molecule has 2 amide bonds. The standard InChI is InChI=1S/C19H20BrFN4O5/c1-9-19(2,29)15(25-18(27)28)7-14(30-9)10-5-6-22-8-13(10)24-17(26)12-4-3-11(21)16(20)23-12/h3-6,8-9,14-15,25,29H,7H2,1-2H3,(H,24,26)(H,27,28)/t9-,14-,15-,19-/m1/s1. The Morgan fingerprint density at radius 1 is 1.37 bits per heavy atom. The van der Waals surface area contributed by atoms with Crippen molar-refractivity contribution in [2.75, 3.05) is 5.32 Å². The van der Waals surface area contributed by atoms with E-state index < -0.39 is 41.7 Å². The molecule has 0 bridgehead atoms. The molecule has 1 fully saturated rings. The van der Waals surface area contributed by atoms with E-state index in [2.05, 4.69) is 36.5 Å². The Morgan fingerprint density at radius 2 is 2.10 bits per heavy atom. The Bertz CT molecular complexity index is 974. The van der Waals surface area contributed by atoms with Crippen LogP contribution in [-0.4, -0.2) is 49.9 Å². The first-order valence-electron chi connectivity index (χ1n) is 9.04. The molecule has 0 aromatic carbocycles. The lowest BCUT2D eigenvalue weighted by molar-refractivity contribution is -0.176. The molecule has 2 aromatic rings. The number of nitrogens with zero attached hydrogens (tertiary/aromatic N) is 2. The van der Waals surface area contributed by atoms with Crippen molar-refractivity contribution >= 4 is 33.6 Å². The van der Waals surface area contributed by atoms with Gasteiger partial charge in [0.15, 0.2) is 5.82 Å². The molecule has 9 nitrogen and oxygen atoms in total. The summed E-state index contributed by atoms with van der Waals surface area (Å²) in [5, 5.41) is 24.8. The summed E-state index contributed by atoms with van der Waals surface area (Å²) in [5.74, 6) is -1.18. The van der Waals surface area contributed by atoms with Gasteiger partial charge in [0.2, 0.25) is 0 Å². The molecule has 30 heavy (non-hydrogen) atoms. The van der Waals surface area contributed by atoms with E-state index in [4.69, 9.17) is 9.84 Å². The van der Waals surface area contributed by atoms with Gasteiger partial charge in [0.25, 0.3) is 5.91 Å². The number of hydrogen-bond acceptors (Lipinski definition) is 6. The van der Waals surface area contributed by atoms with Gasteiger partial charge < -0.3 is 25.6 Å². The Labute approximate surface area is 179 Å². The molecule has 11 heteroatoms. The summed E-state index contributed by atoms with van der Waals surface area (Å²) in [6.45, 7) is 3.14. The van der Waals surface area contributed by atoms with Crippen molar-refractivity contribution in [3.05, 3.63) is 52.3 Å². The summed E-state index contributed by atoms with van der Waals surface area (Å²) in [6.07, 6.45) is 0.494. The van der Waals surface area contributed by atoms with Crippen LogP contribution in [0.4, 0.5) is 14.9 Å². The number of anilines is 1. The van der Waals surface area contributed by atoms with Crippen LogP contribution >= 0.6 is 15.9 Å². The van der Waals surface area contributed by atoms with Gasteiger partial charge in [-0.15, -0.1) is 0 Å². The molecule has 0 saturated carbocycles. The zero-order valence-electron chi connectivity index (χ0n) is 16.1. The molecule has 3 heterocycles. The number of aromatic nitrogens is 2. The molecule has 4 atom stereocenters. The average molecular weight is 483 g/mol. The minimum absolute atomic E-state index is 0.00985. The van der Waals surface area contributed by atoms with E-state index in [-0.39, 0.29) is 16.7 Å². The number of carbonyl (C=O) groups is 2. The van der Waals surface area contributed by atoms with Crippen LogP contribution in [-0.2, 0) is 4.74 Å². The van der Waals surface area contributed by atoms with Gasteiger partial charge in [0.1, 0.15) is 15.9 Å². The van der Waals surface area contributed by atoms with Gasteiger partial charge in [0.05, 0.1) is 30.1 Å². The molecule has 0 radical (unpaired) electrons. The summed E-state index contributed by atoms with van der Waals surface area (Å²) in [7, 11) is 0. The number of aliphatic hydroxyl groups is 1. The highest BCUT2D eigenvalue weighted by Gasteiger charge is 2.46. The molecular weight excluding hydrogens is 463 g/mol. The number of nitrogens with one attached hydrogen (secondary N) is 2. The first-order valence-corrected chi connectivity index (χ1v) is 9.83. The van der Waals surface area contributed by atoms with E-state index in [1.54, 1.807) is 13.0 Å². The van der Waals surface area contributed by atoms with Crippen LogP contribution in [0.3, 0.4) is 0 Å². The van der Waals surface area contributed by atoms with Crippen molar-refractivity contribution in [1.29, 1.82) is 0 Å². The number of hydrogen-bond donors (Lipinski definition) is 4. The first-order chi connectivity index (χ1) is 14.1. The van der Waals surface area contributed by atoms with E-state index in [0.29, 0.717) is 11.3 Å². The van der Waals surface area contributed by atoms with Crippen molar-refractivity contribution in [2.45, 2.75) is 44.1 Å². The molecule has 4 N–H and O–H groups in total. The first kappa shape index (κ1) is 22.1. The van der Waals surface area contributed by atoms with Crippen LogP contribution in [0.15, 0.2) is 35.2 Å². The molecule has 1 aliphatic rings. The summed E-state index contributed by atoms with van der Waals surface area (Å²) >= 11 is 2.94.